The lowest BCUT2D eigenvalue weighted by atomic mass is 9.86. The van der Waals surface area contributed by atoms with Crippen LogP contribution in [0.5, 0.6) is 0 Å². The van der Waals surface area contributed by atoms with Crippen LogP contribution in [0, 0.1) is 5.92 Å². The Bertz CT molecular complexity index is 477. The van der Waals surface area contributed by atoms with E-state index in [1.165, 1.54) is 0 Å². The number of carbonyl (C=O) groups is 2. The summed E-state index contributed by atoms with van der Waals surface area (Å²) in [6.07, 6.45) is 2.03. The molecule has 4 heteroatoms. The van der Waals surface area contributed by atoms with Crippen molar-refractivity contribution in [2.24, 2.45) is 5.92 Å². The number of esters is 1. The van der Waals surface area contributed by atoms with E-state index in [2.05, 4.69) is 4.90 Å². The Morgan fingerprint density at radius 1 is 1.11 bits per heavy atom. The van der Waals surface area contributed by atoms with E-state index >= 15 is 0 Å². The normalized spacial score (nSPS) is 28.9. The van der Waals surface area contributed by atoms with Crippen molar-refractivity contribution in [1.82, 2.24) is 4.90 Å². The summed E-state index contributed by atoms with van der Waals surface area (Å²) < 4.78 is 5.41. The molecule has 0 aliphatic carbocycles. The highest BCUT2D eigenvalue weighted by Gasteiger charge is 2.37. The third-order valence-electron chi connectivity index (χ3n) is 4.08. The number of carbonyl (C=O) groups excluding carboxylic acids is 2. The summed E-state index contributed by atoms with van der Waals surface area (Å²) in [5, 5.41) is 0. The molecule has 4 rings (SSSR count). The van der Waals surface area contributed by atoms with Gasteiger partial charge in [-0.1, -0.05) is 30.3 Å². The van der Waals surface area contributed by atoms with Crippen molar-refractivity contribution in [3.63, 3.8) is 0 Å². The van der Waals surface area contributed by atoms with Crippen molar-refractivity contribution in [3.8, 4) is 0 Å². The zero-order valence-corrected chi connectivity index (χ0v) is 10.7. The highest BCUT2D eigenvalue weighted by molar-refractivity contribution is 6.40. The van der Waals surface area contributed by atoms with E-state index in [1.54, 1.807) is 24.3 Å². The second-order valence-electron chi connectivity index (χ2n) is 5.28. The molecule has 19 heavy (non-hydrogen) atoms. The number of ether oxygens (including phenoxy) is 1. The minimum absolute atomic E-state index is 0.109. The summed E-state index contributed by atoms with van der Waals surface area (Å²) in [4.78, 5) is 26.1. The molecule has 3 aliphatic heterocycles. The van der Waals surface area contributed by atoms with Crippen LogP contribution < -0.4 is 0 Å². The molecule has 3 aliphatic rings. The van der Waals surface area contributed by atoms with Gasteiger partial charge in [0.15, 0.2) is 0 Å². The largest absolute Gasteiger partial charge is 0.455 e. The molecular weight excluding hydrogens is 242 g/mol. The van der Waals surface area contributed by atoms with Crippen LogP contribution in [-0.2, 0) is 9.53 Å². The lowest BCUT2D eigenvalue weighted by Crippen LogP contribution is -2.52. The van der Waals surface area contributed by atoms with E-state index in [9.17, 15) is 9.59 Å². The fourth-order valence-corrected chi connectivity index (χ4v) is 2.94. The smallest absolute Gasteiger partial charge is 0.380 e. The molecule has 3 fully saturated rings. The Balaban J connectivity index is 1.64. The summed E-state index contributed by atoms with van der Waals surface area (Å²) in [6, 6.07) is 8.58. The Kier molecular flexibility index (Phi) is 3.34. The molecule has 0 spiro atoms. The van der Waals surface area contributed by atoms with Crippen LogP contribution in [0.25, 0.3) is 0 Å². The van der Waals surface area contributed by atoms with Crippen molar-refractivity contribution >= 4 is 11.8 Å². The topological polar surface area (TPSA) is 46.6 Å². The number of fused-ring (bicyclic) bond motifs is 3. The van der Waals surface area contributed by atoms with Crippen LogP contribution in [0.2, 0.25) is 0 Å². The van der Waals surface area contributed by atoms with E-state index in [-0.39, 0.29) is 6.10 Å². The van der Waals surface area contributed by atoms with Crippen LogP contribution in [0.4, 0.5) is 0 Å². The van der Waals surface area contributed by atoms with Gasteiger partial charge in [0.2, 0.25) is 0 Å². The Hall–Kier alpha value is -1.68. The number of hydrogen-bond acceptors (Lipinski definition) is 4. The second kappa shape index (κ2) is 5.13. The SMILES string of the molecule is O=C(OC1CN2CCC1CC2)C(=O)c1ccccc1. The third kappa shape index (κ3) is 2.54. The monoisotopic (exact) mass is 259 g/mol. The number of ketones is 1. The Morgan fingerprint density at radius 3 is 2.37 bits per heavy atom. The standard InChI is InChI=1S/C15H17NO3/c17-14(12-4-2-1-3-5-12)15(18)19-13-10-16-8-6-11(13)7-9-16/h1-5,11,13H,6-10H2. The van der Waals surface area contributed by atoms with Gasteiger partial charge in [0.05, 0.1) is 0 Å². The quantitative estimate of drug-likeness (QED) is 0.469. The van der Waals surface area contributed by atoms with Crippen molar-refractivity contribution in [3.05, 3.63) is 35.9 Å². The molecule has 4 nitrogen and oxygen atoms in total. The first-order chi connectivity index (χ1) is 9.24. The molecule has 0 amide bonds. The maximum absolute atomic E-state index is 11.9. The van der Waals surface area contributed by atoms with E-state index in [1.807, 2.05) is 6.07 Å². The average molecular weight is 259 g/mol. The Morgan fingerprint density at radius 2 is 1.79 bits per heavy atom. The molecule has 100 valence electrons. The zero-order chi connectivity index (χ0) is 13.2. The van der Waals surface area contributed by atoms with Gasteiger partial charge < -0.3 is 4.74 Å². The van der Waals surface area contributed by atoms with Crippen LogP contribution in [-0.4, -0.2) is 42.4 Å². The van der Waals surface area contributed by atoms with Crippen LogP contribution in [0.3, 0.4) is 0 Å². The molecule has 0 saturated carbocycles. The number of piperidine rings is 3. The van der Waals surface area contributed by atoms with Gasteiger partial charge in [-0.05, 0) is 31.8 Å². The fourth-order valence-electron chi connectivity index (χ4n) is 2.94. The number of rotatable bonds is 3. The van der Waals surface area contributed by atoms with Gasteiger partial charge in [-0.2, -0.15) is 0 Å². The van der Waals surface area contributed by atoms with Crippen molar-refractivity contribution in [2.75, 3.05) is 19.6 Å². The predicted octanol–water partition coefficient (Wildman–Crippen LogP) is 1.51. The number of benzene rings is 1. The fraction of sp³-hybridized carbons (Fsp3) is 0.467. The summed E-state index contributed by atoms with van der Waals surface area (Å²) in [6.45, 7) is 2.95. The molecule has 3 saturated heterocycles. The molecule has 0 radical (unpaired) electrons. The van der Waals surface area contributed by atoms with Gasteiger partial charge in [0, 0.05) is 12.1 Å². The summed E-state index contributed by atoms with van der Waals surface area (Å²) in [7, 11) is 0. The van der Waals surface area contributed by atoms with Gasteiger partial charge >= 0.3 is 5.97 Å². The summed E-state index contributed by atoms with van der Waals surface area (Å²) >= 11 is 0. The molecule has 1 atom stereocenters. The first-order valence-corrected chi connectivity index (χ1v) is 6.77. The average Bonchev–Trinajstić information content (AvgIpc) is 2.48. The van der Waals surface area contributed by atoms with Crippen LogP contribution >= 0.6 is 0 Å². The van der Waals surface area contributed by atoms with Gasteiger partial charge in [0.25, 0.3) is 5.78 Å². The zero-order valence-electron chi connectivity index (χ0n) is 10.7. The minimum Gasteiger partial charge on any atom is -0.455 e. The molecule has 2 bridgehead atoms. The van der Waals surface area contributed by atoms with E-state index < -0.39 is 11.8 Å². The predicted molar refractivity (Wildman–Crippen MR) is 69.8 cm³/mol. The van der Waals surface area contributed by atoms with Crippen LogP contribution in [0.1, 0.15) is 23.2 Å². The van der Waals surface area contributed by atoms with Crippen molar-refractivity contribution in [1.29, 1.82) is 0 Å². The first kappa shape index (κ1) is 12.4. The summed E-state index contributed by atoms with van der Waals surface area (Å²) in [5.41, 5.74) is 0.397. The van der Waals surface area contributed by atoms with Gasteiger partial charge in [-0.25, -0.2) is 4.79 Å². The van der Waals surface area contributed by atoms with Crippen molar-refractivity contribution in [2.45, 2.75) is 18.9 Å². The van der Waals surface area contributed by atoms with E-state index in [4.69, 9.17) is 4.74 Å². The number of hydrogen-bond donors (Lipinski definition) is 0. The van der Waals surface area contributed by atoms with Crippen molar-refractivity contribution < 1.29 is 14.3 Å². The van der Waals surface area contributed by atoms with E-state index in [0.717, 1.165) is 32.5 Å². The molecule has 0 aromatic heterocycles. The molecule has 1 aromatic rings. The lowest BCUT2D eigenvalue weighted by molar-refractivity contribution is -0.152. The highest BCUT2D eigenvalue weighted by Crippen LogP contribution is 2.29. The number of Topliss-reactive ketones (excluding diaryl/α,β-unsaturated/α-hetero) is 1. The van der Waals surface area contributed by atoms with Gasteiger partial charge in [0.1, 0.15) is 6.10 Å². The molecule has 1 unspecified atom stereocenters. The van der Waals surface area contributed by atoms with Gasteiger partial charge in [-0.3, -0.25) is 9.69 Å². The minimum atomic E-state index is -0.718. The molecule has 1 aromatic carbocycles. The summed E-state index contributed by atoms with van der Waals surface area (Å²) in [5.74, 6) is -0.834. The first-order valence-electron chi connectivity index (χ1n) is 6.77. The van der Waals surface area contributed by atoms with E-state index in [0.29, 0.717) is 11.5 Å². The second-order valence-corrected chi connectivity index (χ2v) is 5.28. The molecule has 3 heterocycles. The molecule has 0 N–H and O–H groups in total. The number of nitrogens with zero attached hydrogens (tertiary/aromatic N) is 1. The lowest BCUT2D eigenvalue weighted by Gasteiger charge is -2.43. The van der Waals surface area contributed by atoms with Gasteiger partial charge in [-0.15, -0.1) is 0 Å². The highest BCUT2D eigenvalue weighted by atomic mass is 16.5. The van der Waals surface area contributed by atoms with Crippen LogP contribution in [0.15, 0.2) is 30.3 Å². The Labute approximate surface area is 112 Å². The maximum Gasteiger partial charge on any atom is 0.380 e. The maximum atomic E-state index is 11.9. The molecular formula is C15H17NO3. The third-order valence-corrected chi connectivity index (χ3v) is 4.08.